The van der Waals surface area contributed by atoms with Crippen LogP contribution in [0.5, 0.6) is 0 Å². The molecule has 2 aromatic rings. The molecule has 2 heterocycles. The molecule has 0 amide bonds. The van der Waals surface area contributed by atoms with Crippen molar-refractivity contribution < 1.29 is 4.74 Å². The lowest BCUT2D eigenvalue weighted by Crippen LogP contribution is -2.11. The maximum Gasteiger partial charge on any atom is 0.0725 e. The Kier molecular flexibility index (Phi) is 3.36. The molecule has 19 heavy (non-hydrogen) atoms. The number of hydrogen-bond acceptors (Lipinski definition) is 3. The van der Waals surface area contributed by atoms with Crippen LogP contribution < -0.4 is 5.73 Å². The smallest absolute Gasteiger partial charge is 0.0725 e. The third-order valence-electron chi connectivity index (χ3n) is 3.57. The average Bonchev–Trinajstić information content (AvgIpc) is 3.05. The molecule has 1 atom stereocenters. The number of benzene rings is 1. The van der Waals surface area contributed by atoms with Gasteiger partial charge in [-0.15, -0.1) is 0 Å². The molecular formula is C15H19N3O. The quantitative estimate of drug-likeness (QED) is 0.915. The van der Waals surface area contributed by atoms with E-state index in [4.69, 9.17) is 10.5 Å². The van der Waals surface area contributed by atoms with Crippen LogP contribution >= 0.6 is 0 Å². The Hall–Kier alpha value is -1.65. The van der Waals surface area contributed by atoms with E-state index in [1.54, 1.807) is 0 Å². The van der Waals surface area contributed by atoms with Gasteiger partial charge in [0.25, 0.3) is 0 Å². The third kappa shape index (κ3) is 2.41. The van der Waals surface area contributed by atoms with E-state index in [-0.39, 0.29) is 6.04 Å². The summed E-state index contributed by atoms with van der Waals surface area (Å²) in [4.78, 5) is 0. The Morgan fingerprint density at radius 3 is 3.00 bits per heavy atom. The van der Waals surface area contributed by atoms with Crippen LogP contribution in [0.25, 0.3) is 0 Å². The first-order chi connectivity index (χ1) is 9.28. The molecule has 0 spiro atoms. The van der Waals surface area contributed by atoms with Gasteiger partial charge in [0.05, 0.1) is 25.5 Å². The molecule has 0 fully saturated rings. The first-order valence-electron chi connectivity index (χ1n) is 6.75. The number of hydrogen-bond donors (Lipinski definition) is 1. The van der Waals surface area contributed by atoms with Gasteiger partial charge in [-0.2, -0.15) is 5.10 Å². The largest absolute Gasteiger partial charge is 0.372 e. The minimum absolute atomic E-state index is 0.114. The van der Waals surface area contributed by atoms with Crippen LogP contribution in [0.1, 0.15) is 41.6 Å². The first kappa shape index (κ1) is 12.4. The van der Waals surface area contributed by atoms with Crippen molar-refractivity contribution >= 4 is 0 Å². The maximum absolute atomic E-state index is 6.33. The van der Waals surface area contributed by atoms with Gasteiger partial charge in [0, 0.05) is 18.3 Å². The van der Waals surface area contributed by atoms with Crippen molar-refractivity contribution in [2.75, 3.05) is 0 Å². The summed E-state index contributed by atoms with van der Waals surface area (Å²) in [5, 5.41) is 4.34. The van der Waals surface area contributed by atoms with Crippen LogP contribution in [0.3, 0.4) is 0 Å². The van der Waals surface area contributed by atoms with E-state index in [1.807, 2.05) is 17.1 Å². The van der Waals surface area contributed by atoms with Crippen molar-refractivity contribution in [3.05, 3.63) is 52.8 Å². The van der Waals surface area contributed by atoms with Gasteiger partial charge in [-0.3, -0.25) is 4.68 Å². The van der Waals surface area contributed by atoms with Gasteiger partial charge in [0.1, 0.15) is 0 Å². The topological polar surface area (TPSA) is 53.1 Å². The van der Waals surface area contributed by atoms with Crippen molar-refractivity contribution in [3.8, 4) is 0 Å². The minimum Gasteiger partial charge on any atom is -0.372 e. The molecule has 1 aromatic carbocycles. The van der Waals surface area contributed by atoms with Gasteiger partial charge in [-0.1, -0.05) is 25.1 Å². The first-order valence-corrected chi connectivity index (χ1v) is 6.75. The van der Waals surface area contributed by atoms with Gasteiger partial charge in [-0.05, 0) is 23.1 Å². The van der Waals surface area contributed by atoms with Crippen molar-refractivity contribution in [1.82, 2.24) is 9.78 Å². The zero-order valence-electron chi connectivity index (χ0n) is 11.2. The fraction of sp³-hybridized carbons (Fsp3) is 0.400. The molecule has 4 nitrogen and oxygen atoms in total. The number of aryl methyl sites for hydroxylation is 1. The standard InChI is InChI=1S/C15H19N3O/c1-2-5-18-8-14(7-17-18)15(16)11-3-4-12-9-19-10-13(12)6-11/h3-4,6-8,15H,2,5,9-10,16H2,1H3. The van der Waals surface area contributed by atoms with Gasteiger partial charge in [-0.25, -0.2) is 0 Å². The van der Waals surface area contributed by atoms with Crippen LogP contribution in [-0.4, -0.2) is 9.78 Å². The summed E-state index contributed by atoms with van der Waals surface area (Å²) < 4.78 is 7.38. The zero-order valence-corrected chi connectivity index (χ0v) is 11.2. The van der Waals surface area contributed by atoms with Crippen LogP contribution in [0.15, 0.2) is 30.6 Å². The molecular weight excluding hydrogens is 238 g/mol. The summed E-state index contributed by atoms with van der Waals surface area (Å²) in [7, 11) is 0. The fourth-order valence-corrected chi connectivity index (χ4v) is 2.47. The molecule has 3 rings (SSSR count). The van der Waals surface area contributed by atoms with E-state index in [2.05, 4.69) is 30.2 Å². The molecule has 0 bridgehead atoms. The second-order valence-electron chi connectivity index (χ2n) is 5.04. The molecule has 4 heteroatoms. The molecule has 1 aliphatic heterocycles. The van der Waals surface area contributed by atoms with Crippen molar-refractivity contribution in [1.29, 1.82) is 0 Å². The number of fused-ring (bicyclic) bond motifs is 1. The predicted molar refractivity (Wildman–Crippen MR) is 73.5 cm³/mol. The summed E-state index contributed by atoms with van der Waals surface area (Å²) in [6.07, 6.45) is 4.98. The lowest BCUT2D eigenvalue weighted by Gasteiger charge is -2.11. The SMILES string of the molecule is CCCn1cc(C(N)c2ccc3c(c2)COC3)cn1. The van der Waals surface area contributed by atoms with E-state index in [0.29, 0.717) is 6.61 Å². The van der Waals surface area contributed by atoms with E-state index in [0.717, 1.165) is 30.7 Å². The Morgan fingerprint density at radius 2 is 2.16 bits per heavy atom. The van der Waals surface area contributed by atoms with E-state index >= 15 is 0 Å². The average molecular weight is 257 g/mol. The van der Waals surface area contributed by atoms with Gasteiger partial charge in [0.15, 0.2) is 0 Å². The van der Waals surface area contributed by atoms with Crippen molar-refractivity contribution in [2.45, 2.75) is 39.1 Å². The summed E-state index contributed by atoms with van der Waals surface area (Å²) >= 11 is 0. The van der Waals surface area contributed by atoms with E-state index in [9.17, 15) is 0 Å². The van der Waals surface area contributed by atoms with Crippen LogP contribution in [-0.2, 0) is 24.5 Å². The highest BCUT2D eigenvalue weighted by molar-refractivity contribution is 5.37. The highest BCUT2D eigenvalue weighted by Crippen LogP contribution is 2.26. The van der Waals surface area contributed by atoms with Crippen molar-refractivity contribution in [2.24, 2.45) is 5.73 Å². The monoisotopic (exact) mass is 257 g/mol. The normalized spacial score (nSPS) is 15.5. The second-order valence-corrected chi connectivity index (χ2v) is 5.04. The Balaban J connectivity index is 1.84. The number of aromatic nitrogens is 2. The van der Waals surface area contributed by atoms with Crippen LogP contribution in [0.2, 0.25) is 0 Å². The van der Waals surface area contributed by atoms with Gasteiger partial charge >= 0.3 is 0 Å². The molecule has 0 aliphatic carbocycles. The molecule has 1 aliphatic rings. The van der Waals surface area contributed by atoms with Crippen LogP contribution in [0.4, 0.5) is 0 Å². The third-order valence-corrected chi connectivity index (χ3v) is 3.57. The minimum atomic E-state index is -0.114. The Labute approximate surface area is 113 Å². The molecule has 0 saturated heterocycles. The Bertz CT molecular complexity index is 577. The molecule has 100 valence electrons. The van der Waals surface area contributed by atoms with Gasteiger partial charge < -0.3 is 10.5 Å². The maximum atomic E-state index is 6.33. The number of nitrogens with zero attached hydrogens (tertiary/aromatic N) is 2. The summed E-state index contributed by atoms with van der Waals surface area (Å²) in [5.74, 6) is 0. The molecule has 0 saturated carbocycles. The predicted octanol–water partition coefficient (Wildman–Crippen LogP) is 2.37. The molecule has 2 N–H and O–H groups in total. The lowest BCUT2D eigenvalue weighted by molar-refractivity contribution is 0.134. The molecule has 1 unspecified atom stereocenters. The fourth-order valence-electron chi connectivity index (χ4n) is 2.47. The highest BCUT2D eigenvalue weighted by Gasteiger charge is 2.16. The lowest BCUT2D eigenvalue weighted by atomic mass is 9.98. The zero-order chi connectivity index (χ0) is 13.2. The summed E-state index contributed by atoms with van der Waals surface area (Å²) in [6.45, 7) is 4.50. The van der Waals surface area contributed by atoms with E-state index < -0.39 is 0 Å². The number of ether oxygens (including phenoxy) is 1. The van der Waals surface area contributed by atoms with Crippen molar-refractivity contribution in [3.63, 3.8) is 0 Å². The van der Waals surface area contributed by atoms with Crippen LogP contribution in [0, 0.1) is 0 Å². The Morgan fingerprint density at radius 1 is 1.32 bits per heavy atom. The van der Waals surface area contributed by atoms with Gasteiger partial charge in [0.2, 0.25) is 0 Å². The molecule has 0 radical (unpaired) electrons. The second kappa shape index (κ2) is 5.15. The summed E-state index contributed by atoms with van der Waals surface area (Å²) in [5.41, 5.74) is 11.0. The molecule has 1 aromatic heterocycles. The number of rotatable bonds is 4. The summed E-state index contributed by atoms with van der Waals surface area (Å²) in [6, 6.07) is 6.25. The highest BCUT2D eigenvalue weighted by atomic mass is 16.5. The van der Waals surface area contributed by atoms with E-state index in [1.165, 1.54) is 11.1 Å². The number of nitrogens with two attached hydrogens (primary N) is 1.